The minimum atomic E-state index is -1.11. The van der Waals surface area contributed by atoms with E-state index in [9.17, 15) is 9.90 Å². The highest BCUT2D eigenvalue weighted by atomic mass is 35.5. The molecule has 0 unspecified atom stereocenters. The average molecular weight is 368 g/mol. The van der Waals surface area contributed by atoms with Crippen molar-refractivity contribution in [3.8, 4) is 16.9 Å². The lowest BCUT2D eigenvalue weighted by Gasteiger charge is -2.07. The predicted molar refractivity (Wildman–Crippen MR) is 91.0 cm³/mol. The van der Waals surface area contributed by atoms with Crippen molar-refractivity contribution >= 4 is 40.8 Å². The van der Waals surface area contributed by atoms with Crippen LogP contribution in [0.15, 0.2) is 48.5 Å². The quantitative estimate of drug-likeness (QED) is 0.692. The van der Waals surface area contributed by atoms with Crippen LogP contribution in [0.5, 0.6) is 0 Å². The second-order valence-corrected chi connectivity index (χ2v) is 6.01. The molecule has 3 aromatic rings. The van der Waals surface area contributed by atoms with Crippen LogP contribution in [0, 0.1) is 0 Å². The third-order valence-electron chi connectivity index (χ3n) is 3.21. The Morgan fingerprint density at radius 3 is 2.22 bits per heavy atom. The third kappa shape index (κ3) is 3.20. The van der Waals surface area contributed by atoms with Crippen LogP contribution in [0.25, 0.3) is 16.9 Å². The number of carboxylic acids is 1. The number of benzene rings is 2. The molecule has 116 valence electrons. The molecule has 4 nitrogen and oxygen atoms in total. The van der Waals surface area contributed by atoms with Crippen molar-refractivity contribution in [2.24, 2.45) is 0 Å². The number of nitrogens with zero attached hydrogens (tertiary/aromatic N) is 2. The number of halogens is 3. The van der Waals surface area contributed by atoms with Gasteiger partial charge < -0.3 is 5.11 Å². The summed E-state index contributed by atoms with van der Waals surface area (Å²) in [7, 11) is 0. The standard InChI is InChI=1S/C16H9Cl3N2O2/c17-10-3-1-9(2-4-10)13-8-15(16(22)23)21(20-13)14-6-5-11(18)7-12(14)19/h1-8H,(H,22,23). The zero-order valence-electron chi connectivity index (χ0n) is 11.5. The van der Waals surface area contributed by atoms with E-state index in [1.807, 2.05) is 0 Å². The second kappa shape index (κ2) is 6.24. The summed E-state index contributed by atoms with van der Waals surface area (Å²) in [6.45, 7) is 0. The summed E-state index contributed by atoms with van der Waals surface area (Å²) in [5.74, 6) is -1.11. The fourth-order valence-electron chi connectivity index (χ4n) is 2.13. The highest BCUT2D eigenvalue weighted by Crippen LogP contribution is 2.28. The normalized spacial score (nSPS) is 10.7. The minimum Gasteiger partial charge on any atom is -0.477 e. The summed E-state index contributed by atoms with van der Waals surface area (Å²) in [6, 6.07) is 13.2. The molecule has 23 heavy (non-hydrogen) atoms. The van der Waals surface area contributed by atoms with E-state index < -0.39 is 5.97 Å². The molecule has 0 amide bonds. The monoisotopic (exact) mass is 366 g/mol. The van der Waals surface area contributed by atoms with E-state index >= 15 is 0 Å². The molecule has 3 rings (SSSR count). The maximum atomic E-state index is 11.5. The molecule has 2 aromatic carbocycles. The van der Waals surface area contributed by atoms with Gasteiger partial charge in [-0.3, -0.25) is 0 Å². The van der Waals surface area contributed by atoms with E-state index in [1.165, 1.54) is 16.8 Å². The summed E-state index contributed by atoms with van der Waals surface area (Å²) in [5.41, 5.74) is 1.69. The van der Waals surface area contributed by atoms with E-state index in [4.69, 9.17) is 34.8 Å². The summed E-state index contributed by atoms with van der Waals surface area (Å²) in [6.07, 6.45) is 0. The van der Waals surface area contributed by atoms with Crippen molar-refractivity contribution in [2.45, 2.75) is 0 Å². The summed E-state index contributed by atoms with van der Waals surface area (Å²) < 4.78 is 1.28. The highest BCUT2D eigenvalue weighted by molar-refractivity contribution is 6.35. The van der Waals surface area contributed by atoms with E-state index in [1.54, 1.807) is 36.4 Å². The Morgan fingerprint density at radius 2 is 1.61 bits per heavy atom. The zero-order valence-corrected chi connectivity index (χ0v) is 13.8. The van der Waals surface area contributed by atoms with Crippen LogP contribution in [0.2, 0.25) is 15.1 Å². The number of hydrogen-bond donors (Lipinski definition) is 1. The highest BCUT2D eigenvalue weighted by Gasteiger charge is 2.18. The molecule has 0 fully saturated rings. The Kier molecular flexibility index (Phi) is 4.31. The SMILES string of the molecule is O=C(O)c1cc(-c2ccc(Cl)cc2)nn1-c1ccc(Cl)cc1Cl. The lowest BCUT2D eigenvalue weighted by Crippen LogP contribution is -2.08. The molecule has 1 heterocycles. The molecule has 0 spiro atoms. The molecule has 1 N–H and O–H groups in total. The Bertz CT molecular complexity index is 889. The van der Waals surface area contributed by atoms with E-state index in [0.717, 1.165) is 5.56 Å². The van der Waals surface area contributed by atoms with Gasteiger partial charge in [0.25, 0.3) is 0 Å². The Balaban J connectivity index is 2.16. The van der Waals surface area contributed by atoms with Crippen LogP contribution in [-0.4, -0.2) is 20.9 Å². The maximum absolute atomic E-state index is 11.5. The first-order valence-electron chi connectivity index (χ1n) is 6.50. The van der Waals surface area contributed by atoms with Gasteiger partial charge in [-0.05, 0) is 36.4 Å². The molecule has 0 radical (unpaired) electrons. The zero-order chi connectivity index (χ0) is 16.6. The van der Waals surface area contributed by atoms with E-state index in [-0.39, 0.29) is 5.69 Å². The van der Waals surface area contributed by atoms with Crippen molar-refractivity contribution in [3.05, 3.63) is 69.3 Å². The number of hydrogen-bond acceptors (Lipinski definition) is 2. The second-order valence-electron chi connectivity index (χ2n) is 4.73. The molecular weight excluding hydrogens is 359 g/mol. The van der Waals surface area contributed by atoms with Crippen LogP contribution >= 0.6 is 34.8 Å². The minimum absolute atomic E-state index is 0.000766. The topological polar surface area (TPSA) is 55.1 Å². The molecule has 0 bridgehead atoms. The van der Waals surface area contributed by atoms with Crippen molar-refractivity contribution < 1.29 is 9.90 Å². The first-order chi connectivity index (χ1) is 11.0. The van der Waals surface area contributed by atoms with Gasteiger partial charge in [-0.2, -0.15) is 5.10 Å². The van der Waals surface area contributed by atoms with Gasteiger partial charge in [-0.1, -0.05) is 46.9 Å². The van der Waals surface area contributed by atoms with E-state index in [2.05, 4.69) is 5.10 Å². The molecular formula is C16H9Cl3N2O2. The first-order valence-corrected chi connectivity index (χ1v) is 7.64. The fraction of sp³-hybridized carbons (Fsp3) is 0. The molecule has 0 atom stereocenters. The number of aromatic carboxylic acids is 1. The van der Waals surface area contributed by atoms with Crippen LogP contribution in [-0.2, 0) is 0 Å². The molecule has 7 heteroatoms. The predicted octanol–water partition coefficient (Wildman–Crippen LogP) is 5.20. The molecule has 0 saturated heterocycles. The van der Waals surface area contributed by atoms with Gasteiger partial charge in [0.2, 0.25) is 0 Å². The van der Waals surface area contributed by atoms with Gasteiger partial charge in [0.15, 0.2) is 5.69 Å². The van der Waals surface area contributed by atoms with Gasteiger partial charge in [0, 0.05) is 15.6 Å². The Hall–Kier alpha value is -2.01. The number of rotatable bonds is 3. The van der Waals surface area contributed by atoms with Crippen molar-refractivity contribution in [1.82, 2.24) is 9.78 Å². The van der Waals surface area contributed by atoms with E-state index in [0.29, 0.717) is 26.4 Å². The van der Waals surface area contributed by atoms with Crippen LogP contribution in [0.4, 0.5) is 0 Å². The van der Waals surface area contributed by atoms with Crippen molar-refractivity contribution in [1.29, 1.82) is 0 Å². The van der Waals surface area contributed by atoms with Crippen LogP contribution in [0.3, 0.4) is 0 Å². The molecule has 0 aliphatic carbocycles. The van der Waals surface area contributed by atoms with Crippen molar-refractivity contribution in [3.63, 3.8) is 0 Å². The van der Waals surface area contributed by atoms with Gasteiger partial charge in [-0.25, -0.2) is 9.48 Å². The van der Waals surface area contributed by atoms with Gasteiger partial charge >= 0.3 is 5.97 Å². The Morgan fingerprint density at radius 1 is 0.957 bits per heavy atom. The van der Waals surface area contributed by atoms with Crippen molar-refractivity contribution in [2.75, 3.05) is 0 Å². The summed E-state index contributed by atoms with van der Waals surface area (Å²) >= 11 is 17.9. The molecule has 0 aliphatic rings. The Labute approximate surface area is 146 Å². The number of carboxylic acid groups (broad SMARTS) is 1. The largest absolute Gasteiger partial charge is 0.477 e. The van der Waals surface area contributed by atoms with Gasteiger partial charge in [-0.15, -0.1) is 0 Å². The fourth-order valence-corrected chi connectivity index (χ4v) is 2.75. The maximum Gasteiger partial charge on any atom is 0.354 e. The number of carbonyl (C=O) groups is 1. The molecule has 0 saturated carbocycles. The molecule has 1 aromatic heterocycles. The first kappa shape index (κ1) is 15.9. The smallest absolute Gasteiger partial charge is 0.354 e. The number of aromatic nitrogens is 2. The summed E-state index contributed by atoms with van der Waals surface area (Å²) in [4.78, 5) is 11.5. The van der Waals surface area contributed by atoms with Gasteiger partial charge in [0.05, 0.1) is 16.4 Å². The molecule has 0 aliphatic heterocycles. The summed E-state index contributed by atoms with van der Waals surface area (Å²) in [5, 5.41) is 15.1. The third-order valence-corrected chi connectivity index (χ3v) is 4.00. The lowest BCUT2D eigenvalue weighted by atomic mass is 10.1. The van der Waals surface area contributed by atoms with Gasteiger partial charge in [0.1, 0.15) is 0 Å². The van der Waals surface area contributed by atoms with Crippen LogP contribution < -0.4 is 0 Å². The van der Waals surface area contributed by atoms with Crippen LogP contribution in [0.1, 0.15) is 10.5 Å². The lowest BCUT2D eigenvalue weighted by molar-refractivity contribution is 0.0687. The average Bonchev–Trinajstić information content (AvgIpc) is 2.93.